The lowest BCUT2D eigenvalue weighted by Gasteiger charge is -2.07. The molecule has 0 saturated heterocycles. The summed E-state index contributed by atoms with van der Waals surface area (Å²) in [5, 5.41) is 2.77. The summed E-state index contributed by atoms with van der Waals surface area (Å²) in [6.07, 6.45) is 0. The molecule has 0 aliphatic rings. The third-order valence-electron chi connectivity index (χ3n) is 3.12. The number of nitrogens with zero attached hydrogens (tertiary/aromatic N) is 1. The Kier molecular flexibility index (Phi) is 5.22. The summed E-state index contributed by atoms with van der Waals surface area (Å²) < 4.78 is 23.8. The van der Waals surface area contributed by atoms with Crippen LogP contribution in [0.15, 0.2) is 41.8 Å². The zero-order chi connectivity index (χ0) is 16.9. The van der Waals surface area contributed by atoms with Crippen molar-refractivity contribution in [3.8, 4) is 15.6 Å². The fraction of sp³-hybridized carbons (Fsp3) is 0.176. The number of hydrogen-bond acceptors (Lipinski definition) is 6. The molecule has 0 atom stereocenters. The summed E-state index contributed by atoms with van der Waals surface area (Å²) in [7, 11) is 0. The van der Waals surface area contributed by atoms with Crippen molar-refractivity contribution in [2.24, 2.45) is 0 Å². The molecule has 4 nitrogen and oxygen atoms in total. The number of hydrogen-bond donors (Lipinski definition) is 0. The molecule has 0 aliphatic carbocycles. The highest BCUT2D eigenvalue weighted by Crippen LogP contribution is 2.31. The molecule has 0 spiro atoms. The first kappa shape index (κ1) is 16.6. The van der Waals surface area contributed by atoms with E-state index < -0.39 is 11.8 Å². The summed E-state index contributed by atoms with van der Waals surface area (Å²) in [4.78, 5) is 18.1. The average Bonchev–Trinajstić information content (AvgIpc) is 3.22. The van der Waals surface area contributed by atoms with Gasteiger partial charge in [-0.25, -0.2) is 14.2 Å². The Balaban J connectivity index is 1.55. The van der Waals surface area contributed by atoms with E-state index in [2.05, 4.69) is 4.98 Å². The van der Waals surface area contributed by atoms with E-state index in [4.69, 9.17) is 9.47 Å². The highest BCUT2D eigenvalue weighted by atomic mass is 32.1. The molecule has 0 saturated carbocycles. The Morgan fingerprint density at radius 3 is 2.79 bits per heavy atom. The second-order valence-corrected chi connectivity index (χ2v) is 6.77. The summed E-state index contributed by atoms with van der Waals surface area (Å²) in [5.41, 5.74) is 0.642. The van der Waals surface area contributed by atoms with E-state index >= 15 is 0 Å². The van der Waals surface area contributed by atoms with Gasteiger partial charge in [-0.2, -0.15) is 0 Å². The number of carbonyl (C=O) groups excluding carboxylic acids is 1. The summed E-state index contributed by atoms with van der Waals surface area (Å²) >= 11 is 2.88. The molecule has 0 radical (unpaired) electrons. The van der Waals surface area contributed by atoms with E-state index in [1.165, 1.54) is 23.5 Å². The minimum Gasteiger partial charge on any atom is -0.487 e. The number of thiazole rings is 1. The molecule has 0 fully saturated rings. The lowest BCUT2D eigenvalue weighted by molar-refractivity contribution is 0.0453. The molecule has 0 unspecified atom stereocenters. The van der Waals surface area contributed by atoms with Crippen molar-refractivity contribution in [2.75, 3.05) is 13.2 Å². The second kappa shape index (κ2) is 7.55. The van der Waals surface area contributed by atoms with Gasteiger partial charge in [-0.15, -0.1) is 22.7 Å². The average molecular weight is 363 g/mol. The van der Waals surface area contributed by atoms with E-state index in [0.29, 0.717) is 10.6 Å². The van der Waals surface area contributed by atoms with Crippen molar-refractivity contribution in [3.63, 3.8) is 0 Å². The van der Waals surface area contributed by atoms with Gasteiger partial charge in [0.15, 0.2) is 11.6 Å². The molecule has 3 aromatic rings. The fourth-order valence-corrected chi connectivity index (χ4v) is 3.76. The number of aromatic nitrogens is 1. The first-order chi connectivity index (χ1) is 11.6. The van der Waals surface area contributed by atoms with Crippen LogP contribution in [0, 0.1) is 12.7 Å². The standard InChI is InChI=1S/C17H14FNO3S2/c1-11-15(24-16(19-11)14-7-4-10-23-14)17(20)22-9-8-21-13-6-3-2-5-12(13)18/h2-7,10H,8-9H2,1H3. The first-order valence-electron chi connectivity index (χ1n) is 7.21. The largest absolute Gasteiger partial charge is 0.487 e. The number of carbonyl (C=O) groups is 1. The van der Waals surface area contributed by atoms with Gasteiger partial charge >= 0.3 is 5.97 Å². The second-order valence-electron chi connectivity index (χ2n) is 4.83. The maximum Gasteiger partial charge on any atom is 0.350 e. The van der Waals surface area contributed by atoms with Gasteiger partial charge in [-0.1, -0.05) is 18.2 Å². The Bertz CT molecular complexity index is 830. The molecule has 3 rings (SSSR count). The monoisotopic (exact) mass is 363 g/mol. The van der Waals surface area contributed by atoms with Gasteiger partial charge < -0.3 is 9.47 Å². The minimum absolute atomic E-state index is 0.0405. The quantitative estimate of drug-likeness (QED) is 0.476. The van der Waals surface area contributed by atoms with Crippen molar-refractivity contribution < 1.29 is 18.7 Å². The number of ether oxygens (including phenoxy) is 2. The predicted molar refractivity (Wildman–Crippen MR) is 92.3 cm³/mol. The predicted octanol–water partition coefficient (Wildman–Crippen LogP) is 4.55. The topological polar surface area (TPSA) is 48.4 Å². The smallest absolute Gasteiger partial charge is 0.350 e. The maximum absolute atomic E-state index is 13.4. The van der Waals surface area contributed by atoms with Crippen LogP contribution in [-0.2, 0) is 4.74 Å². The van der Waals surface area contributed by atoms with Crippen LogP contribution in [0.3, 0.4) is 0 Å². The molecule has 124 valence electrons. The Morgan fingerprint density at radius 2 is 2.04 bits per heavy atom. The van der Waals surface area contributed by atoms with Gasteiger partial charge in [-0.3, -0.25) is 0 Å². The Labute approximate surface area is 146 Å². The van der Waals surface area contributed by atoms with Gasteiger partial charge in [0.25, 0.3) is 0 Å². The Morgan fingerprint density at radius 1 is 1.21 bits per heavy atom. The molecule has 1 aromatic carbocycles. The SMILES string of the molecule is Cc1nc(-c2cccs2)sc1C(=O)OCCOc1ccccc1F. The van der Waals surface area contributed by atoms with Gasteiger partial charge in [0, 0.05) is 0 Å². The lowest BCUT2D eigenvalue weighted by atomic mass is 10.3. The number of para-hydroxylation sites is 1. The van der Waals surface area contributed by atoms with Crippen molar-refractivity contribution >= 4 is 28.6 Å². The van der Waals surface area contributed by atoms with Crippen LogP contribution in [0.2, 0.25) is 0 Å². The first-order valence-corrected chi connectivity index (χ1v) is 8.90. The van der Waals surface area contributed by atoms with Crippen molar-refractivity contribution in [1.82, 2.24) is 4.98 Å². The number of halogens is 1. The molecule has 0 amide bonds. The van der Waals surface area contributed by atoms with Gasteiger partial charge in [0.05, 0.1) is 10.6 Å². The number of thiophene rings is 1. The van der Waals surface area contributed by atoms with Gasteiger partial charge in [-0.05, 0) is 30.5 Å². The molecule has 0 aliphatic heterocycles. The van der Waals surface area contributed by atoms with Crippen molar-refractivity contribution in [2.45, 2.75) is 6.92 Å². The number of aryl methyl sites for hydroxylation is 1. The molecule has 0 N–H and O–H groups in total. The highest BCUT2D eigenvalue weighted by molar-refractivity contribution is 7.22. The van der Waals surface area contributed by atoms with Gasteiger partial charge in [0.1, 0.15) is 23.1 Å². The van der Waals surface area contributed by atoms with Crippen molar-refractivity contribution in [1.29, 1.82) is 0 Å². The minimum atomic E-state index is -0.442. The molecule has 0 bridgehead atoms. The van der Waals surface area contributed by atoms with Crippen LogP contribution < -0.4 is 4.74 Å². The molecular formula is C17H14FNO3S2. The summed E-state index contributed by atoms with van der Waals surface area (Å²) in [5.74, 6) is -0.741. The summed E-state index contributed by atoms with van der Waals surface area (Å²) in [6, 6.07) is 10.00. The zero-order valence-electron chi connectivity index (χ0n) is 12.8. The number of benzene rings is 1. The zero-order valence-corrected chi connectivity index (χ0v) is 14.5. The lowest BCUT2D eigenvalue weighted by Crippen LogP contribution is -2.12. The summed E-state index contributed by atoms with van der Waals surface area (Å²) in [6.45, 7) is 1.90. The fourth-order valence-electron chi connectivity index (χ4n) is 2.00. The molecule has 2 aromatic heterocycles. The number of esters is 1. The van der Waals surface area contributed by atoms with Crippen molar-refractivity contribution in [3.05, 3.63) is 58.2 Å². The van der Waals surface area contributed by atoms with E-state index in [1.54, 1.807) is 30.4 Å². The van der Waals surface area contributed by atoms with Crippen LogP contribution in [0.25, 0.3) is 9.88 Å². The normalized spacial score (nSPS) is 10.6. The highest BCUT2D eigenvalue weighted by Gasteiger charge is 2.18. The van der Waals surface area contributed by atoms with E-state index in [-0.39, 0.29) is 19.0 Å². The van der Waals surface area contributed by atoms with Crippen LogP contribution in [-0.4, -0.2) is 24.2 Å². The van der Waals surface area contributed by atoms with Crippen LogP contribution in [0.5, 0.6) is 5.75 Å². The number of rotatable bonds is 6. The molecular weight excluding hydrogens is 349 g/mol. The molecule has 2 heterocycles. The molecule has 7 heteroatoms. The van der Waals surface area contributed by atoms with Crippen LogP contribution in [0.4, 0.5) is 4.39 Å². The van der Waals surface area contributed by atoms with E-state index in [1.807, 2.05) is 17.5 Å². The third kappa shape index (κ3) is 3.80. The third-order valence-corrected chi connectivity index (χ3v) is 5.30. The molecule has 24 heavy (non-hydrogen) atoms. The Hall–Kier alpha value is -2.25. The maximum atomic E-state index is 13.4. The van der Waals surface area contributed by atoms with Gasteiger partial charge in [0.2, 0.25) is 0 Å². The van der Waals surface area contributed by atoms with E-state index in [9.17, 15) is 9.18 Å². The van der Waals surface area contributed by atoms with E-state index in [0.717, 1.165) is 9.88 Å². The van der Waals surface area contributed by atoms with Crippen LogP contribution in [0.1, 0.15) is 15.4 Å². The van der Waals surface area contributed by atoms with Crippen LogP contribution >= 0.6 is 22.7 Å².